The predicted molar refractivity (Wildman–Crippen MR) is 38.0 cm³/mol. The molecule has 2 atom stereocenters. The minimum absolute atomic E-state index is 0.448. The maximum Gasteiger partial charge on any atom is 0.326 e. The number of carbonyl (C=O) groups is 1. The molecule has 0 radical (unpaired) electrons. The summed E-state index contributed by atoms with van der Waals surface area (Å²) in [5, 5.41) is 8.06. The molecular formula is C6H11ClO3. The fraction of sp³-hybridized carbons (Fsp3) is 0.833. The normalized spacial score (nSPS) is 16.0. The number of halogens is 1. The van der Waals surface area contributed by atoms with Crippen molar-refractivity contribution in [3.8, 4) is 0 Å². The Balaban J connectivity index is 3.81. The Morgan fingerprint density at radius 3 is 2.60 bits per heavy atom. The van der Waals surface area contributed by atoms with Gasteiger partial charge in [-0.1, -0.05) is 6.92 Å². The van der Waals surface area contributed by atoms with Crippen LogP contribution in [0.3, 0.4) is 0 Å². The molecule has 1 unspecified atom stereocenters. The van der Waals surface area contributed by atoms with Crippen molar-refractivity contribution in [1.29, 1.82) is 0 Å². The monoisotopic (exact) mass is 166 g/mol. The number of carbonyl (C=O) groups excluding carboxylic acids is 1. The predicted octanol–water partition coefficient (Wildman–Crippen LogP) is 0.538. The summed E-state index contributed by atoms with van der Waals surface area (Å²) in [5.74, 6) is -0.587. The quantitative estimate of drug-likeness (QED) is 0.492. The molecule has 0 aliphatic rings. The minimum atomic E-state index is -0.935. The van der Waals surface area contributed by atoms with Crippen LogP contribution >= 0.6 is 11.6 Å². The standard InChI is InChI=1S/C6H11ClO3/c1-3-4(8)5(7)6(9)10-2/h4-5,8H,3H2,1-2H3/t4-,5?/m1/s1. The van der Waals surface area contributed by atoms with Gasteiger partial charge in [0.25, 0.3) is 0 Å². The van der Waals surface area contributed by atoms with Gasteiger partial charge in [-0.05, 0) is 6.42 Å². The zero-order chi connectivity index (χ0) is 8.15. The van der Waals surface area contributed by atoms with Crippen molar-refractivity contribution in [3.63, 3.8) is 0 Å². The Morgan fingerprint density at radius 1 is 1.80 bits per heavy atom. The van der Waals surface area contributed by atoms with Crippen LogP contribution in [0.1, 0.15) is 13.3 Å². The van der Waals surface area contributed by atoms with E-state index in [1.54, 1.807) is 6.92 Å². The molecule has 4 heteroatoms. The summed E-state index contributed by atoms with van der Waals surface area (Å²) in [7, 11) is 1.24. The molecule has 0 bridgehead atoms. The number of ether oxygens (including phenoxy) is 1. The molecule has 0 amide bonds. The molecule has 3 nitrogen and oxygen atoms in total. The fourth-order valence-corrected chi connectivity index (χ4v) is 0.744. The Kier molecular flexibility index (Phi) is 4.40. The van der Waals surface area contributed by atoms with Crippen LogP contribution < -0.4 is 0 Å². The summed E-state index contributed by atoms with van der Waals surface area (Å²) in [6.45, 7) is 1.74. The summed E-state index contributed by atoms with van der Waals surface area (Å²) in [4.78, 5) is 10.6. The maximum absolute atomic E-state index is 10.6. The first-order valence-electron chi connectivity index (χ1n) is 3.03. The number of methoxy groups -OCH3 is 1. The second-order valence-corrected chi connectivity index (χ2v) is 2.37. The van der Waals surface area contributed by atoms with Crippen LogP contribution in [0.2, 0.25) is 0 Å². The van der Waals surface area contributed by atoms with E-state index in [1.165, 1.54) is 7.11 Å². The number of hydrogen-bond acceptors (Lipinski definition) is 3. The lowest BCUT2D eigenvalue weighted by Crippen LogP contribution is -2.29. The number of rotatable bonds is 3. The topological polar surface area (TPSA) is 46.5 Å². The smallest absolute Gasteiger partial charge is 0.326 e. The molecule has 0 aromatic heterocycles. The fourth-order valence-electron chi connectivity index (χ4n) is 0.477. The lowest BCUT2D eigenvalue weighted by molar-refractivity contribution is -0.142. The van der Waals surface area contributed by atoms with E-state index in [0.29, 0.717) is 6.42 Å². The third kappa shape index (κ3) is 2.54. The molecule has 1 N–H and O–H groups in total. The van der Waals surface area contributed by atoms with Crippen molar-refractivity contribution < 1.29 is 14.6 Å². The van der Waals surface area contributed by atoms with E-state index in [-0.39, 0.29) is 0 Å². The third-order valence-electron chi connectivity index (χ3n) is 1.18. The molecule has 10 heavy (non-hydrogen) atoms. The second-order valence-electron chi connectivity index (χ2n) is 1.90. The molecule has 0 aromatic carbocycles. The Bertz CT molecular complexity index is 116. The summed E-state index contributed by atoms with van der Waals surface area (Å²) >= 11 is 5.46. The summed E-state index contributed by atoms with van der Waals surface area (Å²) in [5.41, 5.74) is 0. The maximum atomic E-state index is 10.6. The van der Waals surface area contributed by atoms with E-state index in [9.17, 15) is 4.79 Å². The zero-order valence-electron chi connectivity index (χ0n) is 6.00. The third-order valence-corrected chi connectivity index (χ3v) is 1.65. The van der Waals surface area contributed by atoms with Crippen molar-refractivity contribution in [1.82, 2.24) is 0 Å². The van der Waals surface area contributed by atoms with Crippen LogP contribution in [0.5, 0.6) is 0 Å². The van der Waals surface area contributed by atoms with Crippen molar-refractivity contribution in [2.75, 3.05) is 7.11 Å². The van der Waals surface area contributed by atoms with Gasteiger partial charge in [0.1, 0.15) is 0 Å². The van der Waals surface area contributed by atoms with E-state index < -0.39 is 17.5 Å². The molecule has 0 aliphatic heterocycles. The van der Waals surface area contributed by atoms with Gasteiger partial charge in [0.2, 0.25) is 0 Å². The molecule has 0 heterocycles. The first-order chi connectivity index (χ1) is 4.63. The lowest BCUT2D eigenvalue weighted by atomic mass is 10.2. The highest BCUT2D eigenvalue weighted by molar-refractivity contribution is 6.30. The molecule has 0 saturated heterocycles. The van der Waals surface area contributed by atoms with Gasteiger partial charge in [0.05, 0.1) is 13.2 Å². The highest BCUT2D eigenvalue weighted by atomic mass is 35.5. The first kappa shape index (κ1) is 9.72. The number of esters is 1. The average molecular weight is 167 g/mol. The van der Waals surface area contributed by atoms with Crippen LogP contribution in [-0.4, -0.2) is 29.7 Å². The van der Waals surface area contributed by atoms with E-state index in [1.807, 2.05) is 0 Å². The Labute approximate surface area is 64.9 Å². The van der Waals surface area contributed by atoms with E-state index in [2.05, 4.69) is 4.74 Å². The Hall–Kier alpha value is -0.280. The SMILES string of the molecule is CC[C@@H](O)C(Cl)C(=O)OC. The van der Waals surface area contributed by atoms with Gasteiger partial charge in [-0.25, -0.2) is 0 Å². The van der Waals surface area contributed by atoms with Crippen molar-refractivity contribution in [2.45, 2.75) is 24.8 Å². The molecule has 0 rings (SSSR count). The van der Waals surface area contributed by atoms with Crippen molar-refractivity contribution >= 4 is 17.6 Å². The summed E-state index contributed by atoms with van der Waals surface area (Å²) < 4.78 is 4.30. The summed E-state index contributed by atoms with van der Waals surface area (Å²) in [6, 6.07) is 0. The van der Waals surface area contributed by atoms with Crippen LogP contribution in [-0.2, 0) is 9.53 Å². The largest absolute Gasteiger partial charge is 0.468 e. The van der Waals surface area contributed by atoms with Crippen LogP contribution in [0.25, 0.3) is 0 Å². The van der Waals surface area contributed by atoms with Gasteiger partial charge < -0.3 is 9.84 Å². The molecule has 0 saturated carbocycles. The van der Waals surface area contributed by atoms with E-state index >= 15 is 0 Å². The molecule has 0 fully saturated rings. The van der Waals surface area contributed by atoms with Crippen LogP contribution in [0, 0.1) is 0 Å². The van der Waals surface area contributed by atoms with Gasteiger partial charge >= 0.3 is 5.97 Å². The Morgan fingerprint density at radius 2 is 2.30 bits per heavy atom. The van der Waals surface area contributed by atoms with E-state index in [4.69, 9.17) is 16.7 Å². The zero-order valence-corrected chi connectivity index (χ0v) is 6.76. The molecule has 0 aromatic rings. The molecular weight excluding hydrogens is 156 g/mol. The average Bonchev–Trinajstić information content (AvgIpc) is 2.00. The lowest BCUT2D eigenvalue weighted by Gasteiger charge is -2.11. The van der Waals surface area contributed by atoms with Gasteiger partial charge in [-0.3, -0.25) is 4.79 Å². The first-order valence-corrected chi connectivity index (χ1v) is 3.47. The van der Waals surface area contributed by atoms with Crippen molar-refractivity contribution in [2.24, 2.45) is 0 Å². The number of aliphatic hydroxyl groups excluding tert-OH is 1. The molecule has 60 valence electrons. The van der Waals surface area contributed by atoms with Crippen LogP contribution in [0.15, 0.2) is 0 Å². The number of hydrogen-bond donors (Lipinski definition) is 1. The molecule has 0 aliphatic carbocycles. The van der Waals surface area contributed by atoms with Crippen LogP contribution in [0.4, 0.5) is 0 Å². The van der Waals surface area contributed by atoms with E-state index in [0.717, 1.165) is 0 Å². The minimum Gasteiger partial charge on any atom is -0.468 e. The second kappa shape index (κ2) is 4.52. The number of alkyl halides is 1. The molecule has 0 spiro atoms. The van der Waals surface area contributed by atoms with Crippen molar-refractivity contribution in [3.05, 3.63) is 0 Å². The summed E-state index contributed by atoms with van der Waals surface area (Å²) in [6.07, 6.45) is -0.363. The van der Waals surface area contributed by atoms with Gasteiger partial charge in [0, 0.05) is 0 Å². The highest BCUT2D eigenvalue weighted by Crippen LogP contribution is 2.07. The van der Waals surface area contributed by atoms with Gasteiger partial charge in [0.15, 0.2) is 5.38 Å². The van der Waals surface area contributed by atoms with Gasteiger partial charge in [-0.15, -0.1) is 11.6 Å². The number of aliphatic hydroxyl groups is 1. The highest BCUT2D eigenvalue weighted by Gasteiger charge is 2.23. The van der Waals surface area contributed by atoms with Gasteiger partial charge in [-0.2, -0.15) is 0 Å².